The lowest BCUT2D eigenvalue weighted by molar-refractivity contribution is 1.27. The van der Waals surface area contributed by atoms with Gasteiger partial charge in [0.2, 0.25) is 0 Å². The number of hydrogen-bond acceptors (Lipinski definition) is 1. The van der Waals surface area contributed by atoms with Gasteiger partial charge in [-0.1, -0.05) is 115 Å². The van der Waals surface area contributed by atoms with Gasteiger partial charge in [-0.3, -0.25) is 4.98 Å². The molecular weight excluding hydrogens is 520 g/mol. The van der Waals surface area contributed by atoms with E-state index in [4.69, 9.17) is 4.98 Å². The maximum Gasteiger partial charge on any atom is 0.0684 e. The van der Waals surface area contributed by atoms with Crippen molar-refractivity contribution >= 4 is 37.9 Å². The maximum absolute atomic E-state index is 4.75. The van der Waals surface area contributed by atoms with Crippen LogP contribution in [0.3, 0.4) is 0 Å². The second kappa shape index (κ2) is 10.4. The SMILES string of the molecule is Cc1cccc(-c2c3ccccc3c(-c3ccc4ccc(-c5ccc(C6=C[N-]CC=C6)nc5)cc4c3)c3ccccc23)c1. The van der Waals surface area contributed by atoms with Gasteiger partial charge in [-0.05, 0) is 90.8 Å². The molecular formula is C41H29N2-. The molecule has 7 aromatic rings. The van der Waals surface area contributed by atoms with Crippen molar-refractivity contribution in [2.24, 2.45) is 0 Å². The molecule has 0 bridgehead atoms. The van der Waals surface area contributed by atoms with Gasteiger partial charge in [0, 0.05) is 11.8 Å². The first kappa shape index (κ1) is 25.3. The fraction of sp³-hybridized carbons (Fsp3) is 0.0488. The Morgan fingerprint density at radius 2 is 1.19 bits per heavy atom. The summed E-state index contributed by atoms with van der Waals surface area (Å²) in [5.74, 6) is 0. The molecule has 2 heterocycles. The van der Waals surface area contributed by atoms with Gasteiger partial charge in [-0.25, -0.2) is 0 Å². The monoisotopic (exact) mass is 549 g/mol. The van der Waals surface area contributed by atoms with Crippen LogP contribution in [0.4, 0.5) is 0 Å². The highest BCUT2D eigenvalue weighted by Gasteiger charge is 2.17. The summed E-state index contributed by atoms with van der Waals surface area (Å²) in [6.07, 6.45) is 8.02. The molecule has 1 aliphatic heterocycles. The highest BCUT2D eigenvalue weighted by atomic mass is 14.8. The minimum atomic E-state index is 0.739. The van der Waals surface area contributed by atoms with E-state index >= 15 is 0 Å². The molecule has 0 radical (unpaired) electrons. The molecule has 0 aliphatic carbocycles. The van der Waals surface area contributed by atoms with E-state index in [1.165, 1.54) is 60.1 Å². The van der Waals surface area contributed by atoms with Crippen LogP contribution in [0.1, 0.15) is 11.3 Å². The Labute approximate surface area is 251 Å². The van der Waals surface area contributed by atoms with E-state index in [1.807, 2.05) is 12.4 Å². The molecule has 0 spiro atoms. The standard InChI is InChI=1S/C41H29N2/c1-27-8-6-9-30(22-27)40-35-11-2-4-13-37(35)41(38-14-5-3-12-36(38)40)31-18-16-28-15-17-29(23-34(28)24-31)32-19-20-39(43-26-32)33-10-7-21-42-25-33/h2-20,22-26H,21H2,1H3/q-1. The van der Waals surface area contributed by atoms with Crippen LogP contribution in [0, 0.1) is 6.92 Å². The van der Waals surface area contributed by atoms with E-state index in [-0.39, 0.29) is 0 Å². The van der Waals surface area contributed by atoms with E-state index in [0.717, 1.165) is 28.9 Å². The molecule has 6 aromatic carbocycles. The van der Waals surface area contributed by atoms with Crippen LogP contribution in [0.15, 0.2) is 146 Å². The predicted molar refractivity (Wildman–Crippen MR) is 183 cm³/mol. The number of aryl methyl sites for hydroxylation is 1. The summed E-state index contributed by atoms with van der Waals surface area (Å²) in [7, 11) is 0. The first-order valence-electron chi connectivity index (χ1n) is 14.8. The third-order valence-corrected chi connectivity index (χ3v) is 8.50. The van der Waals surface area contributed by atoms with Crippen LogP contribution in [0.2, 0.25) is 0 Å². The van der Waals surface area contributed by atoms with Gasteiger partial charge in [0.25, 0.3) is 0 Å². The maximum atomic E-state index is 4.75. The van der Waals surface area contributed by atoms with Gasteiger partial charge in [0.15, 0.2) is 0 Å². The Morgan fingerprint density at radius 3 is 1.79 bits per heavy atom. The Bertz CT molecular complexity index is 2180. The highest BCUT2D eigenvalue weighted by molar-refractivity contribution is 6.21. The molecule has 0 atom stereocenters. The van der Waals surface area contributed by atoms with Crippen LogP contribution in [0.25, 0.3) is 76.6 Å². The summed E-state index contributed by atoms with van der Waals surface area (Å²) >= 11 is 0. The topological polar surface area (TPSA) is 27.0 Å². The zero-order valence-corrected chi connectivity index (χ0v) is 24.0. The van der Waals surface area contributed by atoms with Crippen molar-refractivity contribution in [3.8, 4) is 33.4 Å². The smallest absolute Gasteiger partial charge is 0.0684 e. The zero-order valence-electron chi connectivity index (χ0n) is 24.0. The van der Waals surface area contributed by atoms with Crippen LogP contribution >= 0.6 is 0 Å². The molecule has 0 unspecified atom stereocenters. The average Bonchev–Trinajstić information content (AvgIpc) is 3.07. The molecule has 1 aromatic heterocycles. The molecule has 2 nitrogen and oxygen atoms in total. The van der Waals surface area contributed by atoms with Crippen molar-refractivity contribution in [3.05, 3.63) is 162 Å². The Kier molecular flexibility index (Phi) is 6.12. The fourth-order valence-corrected chi connectivity index (χ4v) is 6.45. The first-order chi connectivity index (χ1) is 21.2. The van der Waals surface area contributed by atoms with Gasteiger partial charge in [0.05, 0.1) is 5.69 Å². The third-order valence-electron chi connectivity index (χ3n) is 8.50. The molecule has 0 saturated heterocycles. The number of fused-ring (bicyclic) bond motifs is 3. The minimum absolute atomic E-state index is 0.739. The van der Waals surface area contributed by atoms with Crippen molar-refractivity contribution < 1.29 is 0 Å². The van der Waals surface area contributed by atoms with Gasteiger partial charge in [-0.15, -0.1) is 12.6 Å². The Hall–Kier alpha value is -5.47. The molecule has 0 saturated carbocycles. The summed E-state index contributed by atoms with van der Waals surface area (Å²) in [6.45, 7) is 2.90. The highest BCUT2D eigenvalue weighted by Crippen LogP contribution is 2.44. The van der Waals surface area contributed by atoms with Crippen LogP contribution in [0.5, 0.6) is 0 Å². The van der Waals surface area contributed by atoms with Crippen LogP contribution in [-0.4, -0.2) is 11.5 Å². The summed E-state index contributed by atoms with van der Waals surface area (Å²) in [4.78, 5) is 4.75. The molecule has 43 heavy (non-hydrogen) atoms. The fourth-order valence-electron chi connectivity index (χ4n) is 6.45. The summed E-state index contributed by atoms with van der Waals surface area (Å²) in [5.41, 5.74) is 10.6. The van der Waals surface area contributed by atoms with Crippen LogP contribution in [-0.2, 0) is 0 Å². The largest absolute Gasteiger partial charge is 0.687 e. The van der Waals surface area contributed by atoms with Crippen molar-refractivity contribution in [2.45, 2.75) is 6.92 Å². The van der Waals surface area contributed by atoms with Crippen molar-refractivity contribution in [3.63, 3.8) is 0 Å². The zero-order chi connectivity index (χ0) is 28.8. The quantitative estimate of drug-likeness (QED) is 0.201. The van der Waals surface area contributed by atoms with Crippen molar-refractivity contribution in [2.75, 3.05) is 6.54 Å². The molecule has 1 aliphatic rings. The Balaban J connectivity index is 1.29. The second-order valence-corrected chi connectivity index (χ2v) is 11.3. The summed E-state index contributed by atoms with van der Waals surface area (Å²) < 4.78 is 0. The van der Waals surface area contributed by atoms with E-state index < -0.39 is 0 Å². The van der Waals surface area contributed by atoms with Crippen molar-refractivity contribution in [1.29, 1.82) is 0 Å². The van der Waals surface area contributed by atoms with Crippen molar-refractivity contribution in [1.82, 2.24) is 4.98 Å². The lowest BCUT2D eigenvalue weighted by Crippen LogP contribution is -1.92. The predicted octanol–water partition coefficient (Wildman–Crippen LogP) is 11.1. The Morgan fingerprint density at radius 1 is 0.558 bits per heavy atom. The number of aromatic nitrogens is 1. The van der Waals surface area contributed by atoms with Crippen LogP contribution < -0.4 is 0 Å². The number of hydrogen-bond donors (Lipinski definition) is 0. The molecule has 0 N–H and O–H groups in total. The molecule has 8 rings (SSSR count). The molecule has 0 amide bonds. The summed E-state index contributed by atoms with van der Waals surface area (Å²) in [5, 5.41) is 11.9. The van der Waals surface area contributed by atoms with E-state index in [0.29, 0.717) is 0 Å². The third kappa shape index (κ3) is 4.49. The number of benzene rings is 6. The lowest BCUT2D eigenvalue weighted by atomic mass is 9.85. The normalized spacial score (nSPS) is 12.9. The van der Waals surface area contributed by atoms with Gasteiger partial charge < -0.3 is 5.32 Å². The minimum Gasteiger partial charge on any atom is -0.687 e. The molecule has 2 heteroatoms. The van der Waals surface area contributed by atoms with Gasteiger partial charge in [0.1, 0.15) is 0 Å². The summed E-state index contributed by atoms with van der Waals surface area (Å²) in [6, 6.07) is 44.4. The second-order valence-electron chi connectivity index (χ2n) is 11.3. The number of allylic oxidation sites excluding steroid dienone is 2. The first-order valence-corrected chi connectivity index (χ1v) is 14.8. The van der Waals surface area contributed by atoms with E-state index in [1.54, 1.807) is 0 Å². The number of pyridine rings is 1. The van der Waals surface area contributed by atoms with Gasteiger partial charge in [-0.2, -0.15) is 6.20 Å². The molecule has 204 valence electrons. The number of nitrogens with zero attached hydrogens (tertiary/aromatic N) is 2. The van der Waals surface area contributed by atoms with Gasteiger partial charge >= 0.3 is 0 Å². The average molecular weight is 550 g/mol. The lowest BCUT2D eigenvalue weighted by Gasteiger charge is -2.19. The van der Waals surface area contributed by atoms with E-state index in [2.05, 4.69) is 146 Å². The molecule has 0 fully saturated rings. The number of rotatable bonds is 4. The van der Waals surface area contributed by atoms with E-state index in [9.17, 15) is 0 Å².